The molecule has 1 saturated heterocycles. The fraction of sp³-hybridized carbons (Fsp3) is 0.333. The summed E-state index contributed by atoms with van der Waals surface area (Å²) >= 11 is 1.27. The van der Waals surface area contributed by atoms with E-state index in [0.717, 1.165) is 29.2 Å². The maximum Gasteiger partial charge on any atom is 0.317 e. The second-order valence-electron chi connectivity index (χ2n) is 7.92. The molecule has 1 fully saturated rings. The van der Waals surface area contributed by atoms with Gasteiger partial charge >= 0.3 is 6.03 Å². The second-order valence-corrected chi connectivity index (χ2v) is 8.93. The van der Waals surface area contributed by atoms with E-state index >= 15 is 0 Å². The lowest BCUT2D eigenvalue weighted by molar-refractivity contribution is 0.102. The highest BCUT2D eigenvalue weighted by molar-refractivity contribution is 7.13. The van der Waals surface area contributed by atoms with Crippen molar-refractivity contribution < 1.29 is 19.1 Å². The molecule has 1 unspecified atom stereocenters. The lowest BCUT2D eigenvalue weighted by Crippen LogP contribution is -2.44. The van der Waals surface area contributed by atoms with Gasteiger partial charge < -0.3 is 25.0 Å². The van der Waals surface area contributed by atoms with Crippen LogP contribution in [0.25, 0.3) is 0 Å². The molecule has 1 aliphatic heterocycles. The molecule has 1 aliphatic rings. The molecule has 34 heavy (non-hydrogen) atoms. The van der Waals surface area contributed by atoms with Crippen LogP contribution < -0.4 is 20.1 Å². The lowest BCUT2D eigenvalue weighted by Gasteiger charge is -2.31. The second kappa shape index (κ2) is 11.0. The van der Waals surface area contributed by atoms with E-state index < -0.39 is 0 Å². The normalized spacial score (nSPS) is 15.5. The van der Waals surface area contributed by atoms with Crippen LogP contribution in [0.5, 0.6) is 11.5 Å². The topological polar surface area (TPSA) is 106 Å². The predicted octanol–water partition coefficient (Wildman–Crippen LogP) is 3.90. The van der Waals surface area contributed by atoms with Gasteiger partial charge in [-0.05, 0) is 54.8 Å². The number of amides is 3. The number of nitrogens with zero attached hydrogens (tertiary/aromatic N) is 3. The van der Waals surface area contributed by atoms with E-state index in [-0.39, 0.29) is 17.9 Å². The Labute approximate surface area is 202 Å². The van der Waals surface area contributed by atoms with E-state index in [1.807, 2.05) is 24.3 Å². The molecule has 3 amide bonds. The van der Waals surface area contributed by atoms with Crippen LogP contribution in [-0.2, 0) is 6.54 Å². The summed E-state index contributed by atoms with van der Waals surface area (Å²) in [5, 5.41) is 15.2. The van der Waals surface area contributed by atoms with E-state index in [2.05, 4.69) is 20.8 Å². The van der Waals surface area contributed by atoms with Gasteiger partial charge in [-0.15, -0.1) is 10.2 Å². The van der Waals surface area contributed by atoms with E-state index in [9.17, 15) is 9.59 Å². The number of urea groups is 1. The first-order chi connectivity index (χ1) is 16.6. The molecule has 2 heterocycles. The highest BCUT2D eigenvalue weighted by Crippen LogP contribution is 2.29. The highest BCUT2D eigenvalue weighted by atomic mass is 32.1. The summed E-state index contributed by atoms with van der Waals surface area (Å²) in [4.78, 5) is 27.1. The Morgan fingerprint density at radius 3 is 2.65 bits per heavy atom. The van der Waals surface area contributed by atoms with Crippen molar-refractivity contribution >= 4 is 29.0 Å². The Kier molecular flexibility index (Phi) is 7.58. The first-order valence-corrected chi connectivity index (χ1v) is 11.8. The van der Waals surface area contributed by atoms with Crippen molar-refractivity contribution in [3.05, 3.63) is 64.1 Å². The van der Waals surface area contributed by atoms with Crippen molar-refractivity contribution in [3.8, 4) is 11.5 Å². The fourth-order valence-corrected chi connectivity index (χ4v) is 4.65. The van der Waals surface area contributed by atoms with Gasteiger partial charge in [-0.1, -0.05) is 23.5 Å². The van der Waals surface area contributed by atoms with E-state index in [4.69, 9.17) is 9.47 Å². The number of benzene rings is 2. The smallest absolute Gasteiger partial charge is 0.317 e. The molecule has 0 spiro atoms. The van der Waals surface area contributed by atoms with Crippen LogP contribution in [0.2, 0.25) is 0 Å². The quantitative estimate of drug-likeness (QED) is 0.530. The molecule has 0 saturated carbocycles. The number of piperidine rings is 1. The summed E-state index contributed by atoms with van der Waals surface area (Å²) in [6, 6.07) is 14.6. The van der Waals surface area contributed by atoms with Crippen molar-refractivity contribution in [2.45, 2.75) is 25.3 Å². The van der Waals surface area contributed by atoms with Crippen LogP contribution in [0.3, 0.4) is 0 Å². The molecular weight excluding hydrogens is 454 g/mol. The van der Waals surface area contributed by atoms with Crippen LogP contribution in [0.4, 0.5) is 10.5 Å². The summed E-state index contributed by atoms with van der Waals surface area (Å²) in [7, 11) is 3.21. The van der Waals surface area contributed by atoms with Gasteiger partial charge in [0.25, 0.3) is 5.91 Å². The van der Waals surface area contributed by atoms with Gasteiger partial charge in [0.2, 0.25) is 5.01 Å². The largest absolute Gasteiger partial charge is 0.497 e. The lowest BCUT2D eigenvalue weighted by atomic mass is 9.99. The van der Waals surface area contributed by atoms with Gasteiger partial charge in [-0.3, -0.25) is 4.79 Å². The fourth-order valence-electron chi connectivity index (χ4n) is 3.79. The third kappa shape index (κ3) is 5.82. The standard InChI is InChI=1S/C24H27N5O4S/c1-32-19-10-8-18(9-11-19)26-21(30)23-28-27-22(34-23)17-6-4-12-29(15-17)24(31)25-14-16-5-3-7-20(13-16)33-2/h3,5,7-11,13,17H,4,6,12,14-15H2,1-2H3,(H,25,31)(H,26,30). The summed E-state index contributed by atoms with van der Waals surface area (Å²) in [6.07, 6.45) is 1.76. The van der Waals surface area contributed by atoms with Crippen LogP contribution in [0.1, 0.15) is 39.1 Å². The Hall–Kier alpha value is -3.66. The minimum absolute atomic E-state index is 0.0522. The van der Waals surface area contributed by atoms with Gasteiger partial charge in [-0.2, -0.15) is 0 Å². The summed E-state index contributed by atoms with van der Waals surface area (Å²) in [6.45, 7) is 1.65. The van der Waals surface area contributed by atoms with E-state index in [0.29, 0.717) is 36.1 Å². The average Bonchev–Trinajstić information content (AvgIpc) is 3.39. The monoisotopic (exact) mass is 481 g/mol. The number of likely N-dealkylation sites (tertiary alicyclic amines) is 1. The maximum absolute atomic E-state index is 12.7. The molecule has 9 nitrogen and oxygen atoms in total. The zero-order chi connectivity index (χ0) is 23.9. The molecule has 1 aromatic heterocycles. The predicted molar refractivity (Wildman–Crippen MR) is 130 cm³/mol. The average molecular weight is 482 g/mol. The number of hydrogen-bond donors (Lipinski definition) is 2. The van der Waals surface area contributed by atoms with Gasteiger partial charge in [0.15, 0.2) is 0 Å². The number of rotatable bonds is 7. The van der Waals surface area contributed by atoms with E-state index in [1.165, 1.54) is 11.3 Å². The Morgan fingerprint density at radius 1 is 1.09 bits per heavy atom. The third-order valence-electron chi connectivity index (χ3n) is 5.62. The number of aromatic nitrogens is 2. The molecule has 3 aromatic rings. The van der Waals surface area contributed by atoms with Crippen LogP contribution in [0.15, 0.2) is 48.5 Å². The summed E-state index contributed by atoms with van der Waals surface area (Å²) < 4.78 is 10.4. The number of hydrogen-bond acceptors (Lipinski definition) is 7. The number of carbonyl (C=O) groups is 2. The third-order valence-corrected chi connectivity index (χ3v) is 6.70. The zero-order valence-corrected chi connectivity index (χ0v) is 19.9. The SMILES string of the molecule is COc1ccc(NC(=O)c2nnc(C3CCCN(C(=O)NCc4cccc(OC)c4)C3)s2)cc1. The first kappa shape index (κ1) is 23.5. The summed E-state index contributed by atoms with van der Waals surface area (Å²) in [5.41, 5.74) is 1.62. The van der Waals surface area contributed by atoms with Crippen molar-refractivity contribution in [2.75, 3.05) is 32.6 Å². The van der Waals surface area contributed by atoms with Gasteiger partial charge in [0, 0.05) is 31.2 Å². The maximum atomic E-state index is 12.7. The van der Waals surface area contributed by atoms with Crippen LogP contribution >= 0.6 is 11.3 Å². The minimum Gasteiger partial charge on any atom is -0.497 e. The molecule has 2 aromatic carbocycles. The molecule has 10 heteroatoms. The molecule has 0 aliphatic carbocycles. The van der Waals surface area contributed by atoms with Gasteiger partial charge in [0.05, 0.1) is 14.2 Å². The Balaban J connectivity index is 1.32. The summed E-state index contributed by atoms with van der Waals surface area (Å²) in [5.74, 6) is 1.22. The molecule has 2 N–H and O–H groups in total. The molecule has 1 atom stereocenters. The molecule has 0 radical (unpaired) electrons. The molecule has 4 rings (SSSR count). The molecular formula is C24H27N5O4S. The highest BCUT2D eigenvalue weighted by Gasteiger charge is 2.28. The Bertz CT molecular complexity index is 1130. The number of ether oxygens (including phenoxy) is 2. The number of anilines is 1. The van der Waals surface area contributed by atoms with Crippen molar-refractivity contribution in [2.24, 2.45) is 0 Å². The minimum atomic E-state index is -0.308. The molecule has 178 valence electrons. The Morgan fingerprint density at radius 2 is 1.88 bits per heavy atom. The first-order valence-electron chi connectivity index (χ1n) is 11.0. The number of carbonyl (C=O) groups excluding carboxylic acids is 2. The van der Waals surface area contributed by atoms with E-state index in [1.54, 1.807) is 43.4 Å². The molecule has 0 bridgehead atoms. The van der Waals surface area contributed by atoms with Crippen molar-refractivity contribution in [1.29, 1.82) is 0 Å². The van der Waals surface area contributed by atoms with Gasteiger partial charge in [-0.25, -0.2) is 4.79 Å². The zero-order valence-electron chi connectivity index (χ0n) is 19.1. The number of nitrogens with one attached hydrogen (secondary N) is 2. The van der Waals surface area contributed by atoms with Crippen LogP contribution in [-0.4, -0.2) is 54.3 Å². The van der Waals surface area contributed by atoms with Crippen molar-refractivity contribution in [3.63, 3.8) is 0 Å². The van der Waals surface area contributed by atoms with Crippen LogP contribution in [0, 0.1) is 0 Å². The number of methoxy groups -OCH3 is 2. The van der Waals surface area contributed by atoms with Gasteiger partial charge in [0.1, 0.15) is 16.5 Å². The van der Waals surface area contributed by atoms with Crippen molar-refractivity contribution in [1.82, 2.24) is 20.4 Å².